The van der Waals surface area contributed by atoms with Crippen molar-refractivity contribution >= 4 is 22.4 Å². The first-order valence-corrected chi connectivity index (χ1v) is 4.30. The zero-order valence-corrected chi connectivity index (χ0v) is 7.60. The van der Waals surface area contributed by atoms with Gasteiger partial charge in [0, 0.05) is 5.39 Å². The molecule has 0 heterocycles. The van der Waals surface area contributed by atoms with E-state index < -0.39 is 0 Å². The van der Waals surface area contributed by atoms with Gasteiger partial charge >= 0.3 is 0 Å². The molecule has 0 spiro atoms. The second-order valence-electron chi connectivity index (χ2n) is 2.92. The van der Waals surface area contributed by atoms with E-state index in [1.54, 1.807) is 0 Å². The van der Waals surface area contributed by atoms with Gasteiger partial charge in [0.25, 0.3) is 0 Å². The molecule has 0 nitrogen and oxygen atoms in total. The monoisotopic (exact) mass is 176 g/mol. The van der Waals surface area contributed by atoms with Crippen molar-refractivity contribution in [3.8, 4) is 0 Å². The molecule has 0 aromatic heterocycles. The molecule has 2 aromatic carbocycles. The molecule has 1 heteroatoms. The Labute approximate surface area is 76.8 Å². The molecule has 60 valence electrons. The summed E-state index contributed by atoms with van der Waals surface area (Å²) < 4.78 is 0. The van der Waals surface area contributed by atoms with Gasteiger partial charge in [-0.15, -0.1) is 0 Å². The summed E-state index contributed by atoms with van der Waals surface area (Å²) in [4.78, 5) is 0. The summed E-state index contributed by atoms with van der Waals surface area (Å²) in [6.07, 6.45) is 0. The van der Waals surface area contributed by atoms with Gasteiger partial charge in [-0.05, 0) is 17.9 Å². The number of aryl methyl sites for hydroxylation is 1. The quantitative estimate of drug-likeness (QED) is 0.573. The molecule has 0 fully saturated rings. The van der Waals surface area contributed by atoms with E-state index in [1.807, 2.05) is 31.2 Å². The lowest BCUT2D eigenvalue weighted by Crippen LogP contribution is -1.77. The summed E-state index contributed by atoms with van der Waals surface area (Å²) >= 11 is 6.13. The van der Waals surface area contributed by atoms with Gasteiger partial charge < -0.3 is 0 Å². The van der Waals surface area contributed by atoms with Gasteiger partial charge in [-0.3, -0.25) is 0 Å². The lowest BCUT2D eigenvalue weighted by molar-refractivity contribution is 1.50. The minimum Gasteiger partial charge on any atom is -0.0834 e. The van der Waals surface area contributed by atoms with E-state index in [2.05, 4.69) is 12.1 Å². The average molecular weight is 177 g/mol. The van der Waals surface area contributed by atoms with Gasteiger partial charge in [-0.2, -0.15) is 0 Å². The molecule has 0 saturated heterocycles. The van der Waals surface area contributed by atoms with E-state index >= 15 is 0 Å². The Bertz CT molecular complexity index is 418. The van der Waals surface area contributed by atoms with Crippen molar-refractivity contribution in [2.45, 2.75) is 6.92 Å². The SMILES string of the molecule is Cc1ccc2ccccc2c1Cl. The van der Waals surface area contributed by atoms with Crippen LogP contribution in [0.4, 0.5) is 0 Å². The van der Waals surface area contributed by atoms with E-state index in [0.29, 0.717) is 0 Å². The van der Waals surface area contributed by atoms with Crippen LogP contribution >= 0.6 is 11.6 Å². The van der Waals surface area contributed by atoms with Gasteiger partial charge in [0.1, 0.15) is 0 Å². The van der Waals surface area contributed by atoms with Crippen molar-refractivity contribution in [1.29, 1.82) is 0 Å². The standard InChI is InChI=1S/C11H9Cl/c1-8-6-7-9-4-2-3-5-10(9)11(8)12/h2-7H,1H3. The Hall–Kier alpha value is -1.01. The summed E-state index contributed by atoms with van der Waals surface area (Å²) in [5, 5.41) is 3.21. The molecule has 0 aliphatic rings. The molecule has 0 aliphatic heterocycles. The van der Waals surface area contributed by atoms with Crippen molar-refractivity contribution in [2.24, 2.45) is 0 Å². The largest absolute Gasteiger partial charge is 0.0834 e. The molecule has 0 aliphatic carbocycles. The average Bonchev–Trinajstić information content (AvgIpc) is 2.12. The van der Waals surface area contributed by atoms with Crippen LogP contribution in [0, 0.1) is 6.92 Å². The Balaban J connectivity index is 2.91. The van der Waals surface area contributed by atoms with Crippen LogP contribution in [0.25, 0.3) is 10.8 Å². The van der Waals surface area contributed by atoms with E-state index in [-0.39, 0.29) is 0 Å². The number of fused-ring (bicyclic) bond motifs is 1. The second kappa shape index (κ2) is 2.80. The molecule has 0 bridgehead atoms. The number of benzene rings is 2. The van der Waals surface area contributed by atoms with Crippen LogP contribution in [-0.4, -0.2) is 0 Å². The number of rotatable bonds is 0. The molecule has 0 amide bonds. The molecule has 2 aromatic rings. The predicted molar refractivity (Wildman–Crippen MR) is 53.7 cm³/mol. The van der Waals surface area contributed by atoms with Crippen molar-refractivity contribution in [3.63, 3.8) is 0 Å². The highest BCUT2D eigenvalue weighted by molar-refractivity contribution is 6.36. The highest BCUT2D eigenvalue weighted by Gasteiger charge is 1.99. The summed E-state index contributed by atoms with van der Waals surface area (Å²) in [6, 6.07) is 12.3. The molecular formula is C11H9Cl. The Morgan fingerprint density at radius 2 is 1.75 bits per heavy atom. The fourth-order valence-corrected chi connectivity index (χ4v) is 1.58. The van der Waals surface area contributed by atoms with Crippen LogP contribution in [0.15, 0.2) is 36.4 Å². The Morgan fingerprint density at radius 1 is 1.00 bits per heavy atom. The maximum Gasteiger partial charge on any atom is 0.0513 e. The normalized spacial score (nSPS) is 10.5. The predicted octanol–water partition coefficient (Wildman–Crippen LogP) is 3.80. The highest BCUT2D eigenvalue weighted by Crippen LogP contribution is 2.26. The summed E-state index contributed by atoms with van der Waals surface area (Å²) in [7, 11) is 0. The van der Waals surface area contributed by atoms with Crippen LogP contribution in [0.2, 0.25) is 5.02 Å². The lowest BCUT2D eigenvalue weighted by atomic mass is 10.1. The van der Waals surface area contributed by atoms with E-state index in [0.717, 1.165) is 16.0 Å². The lowest BCUT2D eigenvalue weighted by Gasteiger charge is -2.02. The molecule has 0 atom stereocenters. The zero-order valence-electron chi connectivity index (χ0n) is 6.84. The summed E-state index contributed by atoms with van der Waals surface area (Å²) in [5.41, 5.74) is 1.13. The molecule has 12 heavy (non-hydrogen) atoms. The first kappa shape index (κ1) is 7.63. The molecule has 0 radical (unpaired) electrons. The maximum atomic E-state index is 6.13. The van der Waals surface area contributed by atoms with Crippen molar-refractivity contribution in [3.05, 3.63) is 47.0 Å². The van der Waals surface area contributed by atoms with Crippen LogP contribution in [0.1, 0.15) is 5.56 Å². The number of halogens is 1. The Morgan fingerprint density at radius 3 is 2.58 bits per heavy atom. The second-order valence-corrected chi connectivity index (χ2v) is 3.30. The van der Waals surface area contributed by atoms with Crippen LogP contribution in [0.5, 0.6) is 0 Å². The van der Waals surface area contributed by atoms with Gasteiger partial charge in [0.2, 0.25) is 0 Å². The number of hydrogen-bond acceptors (Lipinski definition) is 0. The fourth-order valence-electron chi connectivity index (χ4n) is 1.34. The highest BCUT2D eigenvalue weighted by atomic mass is 35.5. The molecule has 0 saturated carbocycles. The summed E-state index contributed by atoms with van der Waals surface area (Å²) in [5.74, 6) is 0. The first-order chi connectivity index (χ1) is 5.79. The van der Waals surface area contributed by atoms with Crippen LogP contribution < -0.4 is 0 Å². The third-order valence-corrected chi connectivity index (χ3v) is 2.56. The van der Waals surface area contributed by atoms with Crippen molar-refractivity contribution < 1.29 is 0 Å². The first-order valence-electron chi connectivity index (χ1n) is 3.93. The topological polar surface area (TPSA) is 0 Å². The third-order valence-electron chi connectivity index (χ3n) is 2.06. The summed E-state index contributed by atoms with van der Waals surface area (Å²) in [6.45, 7) is 2.02. The molecule has 0 unspecified atom stereocenters. The van der Waals surface area contributed by atoms with Crippen molar-refractivity contribution in [1.82, 2.24) is 0 Å². The van der Waals surface area contributed by atoms with Crippen molar-refractivity contribution in [2.75, 3.05) is 0 Å². The van der Waals surface area contributed by atoms with Crippen LogP contribution in [-0.2, 0) is 0 Å². The minimum atomic E-state index is 0.869. The maximum absolute atomic E-state index is 6.13. The third kappa shape index (κ3) is 1.09. The minimum absolute atomic E-state index is 0.869. The molecule has 0 N–H and O–H groups in total. The Kier molecular flexibility index (Phi) is 1.78. The molecule has 2 rings (SSSR count). The van der Waals surface area contributed by atoms with E-state index in [4.69, 9.17) is 11.6 Å². The van der Waals surface area contributed by atoms with E-state index in [9.17, 15) is 0 Å². The number of hydrogen-bond donors (Lipinski definition) is 0. The van der Waals surface area contributed by atoms with Gasteiger partial charge in [0.15, 0.2) is 0 Å². The zero-order chi connectivity index (χ0) is 8.55. The van der Waals surface area contributed by atoms with E-state index in [1.165, 1.54) is 5.39 Å². The van der Waals surface area contributed by atoms with Crippen LogP contribution in [0.3, 0.4) is 0 Å². The smallest absolute Gasteiger partial charge is 0.0513 e. The van der Waals surface area contributed by atoms with Gasteiger partial charge in [-0.25, -0.2) is 0 Å². The van der Waals surface area contributed by atoms with Gasteiger partial charge in [-0.1, -0.05) is 48.0 Å². The fraction of sp³-hybridized carbons (Fsp3) is 0.0909. The molecular weight excluding hydrogens is 168 g/mol. The van der Waals surface area contributed by atoms with Gasteiger partial charge in [0.05, 0.1) is 5.02 Å².